The van der Waals surface area contributed by atoms with Crippen LogP contribution in [0.25, 0.3) is 11.9 Å². The molecule has 1 saturated heterocycles. The van der Waals surface area contributed by atoms with Crippen LogP contribution in [0.1, 0.15) is 56.3 Å². The van der Waals surface area contributed by atoms with Gasteiger partial charge in [-0.15, -0.1) is 0 Å². The first-order chi connectivity index (χ1) is 17.4. The van der Waals surface area contributed by atoms with E-state index in [1.165, 1.54) is 5.57 Å². The fourth-order valence-electron chi connectivity index (χ4n) is 4.72. The second-order valence-corrected chi connectivity index (χ2v) is 10.3. The predicted molar refractivity (Wildman–Crippen MR) is 158 cm³/mol. The Kier molecular flexibility index (Phi) is 10.9. The average molecular weight is 530 g/mol. The molecular formula is C27H40ClN7S. The first kappa shape index (κ1) is 28.3. The van der Waals surface area contributed by atoms with E-state index in [0.29, 0.717) is 11.1 Å². The molecule has 3 N–H and O–H groups in total. The van der Waals surface area contributed by atoms with Crippen LogP contribution >= 0.6 is 23.5 Å². The lowest BCUT2D eigenvalue weighted by Gasteiger charge is -2.38. The lowest BCUT2D eigenvalue weighted by atomic mass is 9.97. The lowest BCUT2D eigenvalue weighted by molar-refractivity contribution is 0.226. The standard InChI is InChI=1S/C27H40ClN7S/c1-19(10-12-22(30-4)17-29-3)18-35-27(31-5)16-25(32-35)26-9-7-8-14-34(26)20(2)23-15-21(28)11-13-24(23)33-36-6/h11,13,15-16,18,22,26,29-30,33H,2,5,7-10,12,14,17H2,1,3-4,6H3/b19-18-. The van der Waals surface area contributed by atoms with Gasteiger partial charge in [-0.25, -0.2) is 9.67 Å². The van der Waals surface area contributed by atoms with Crippen molar-refractivity contribution in [1.82, 2.24) is 25.3 Å². The zero-order valence-electron chi connectivity index (χ0n) is 22.0. The third-order valence-corrected chi connectivity index (χ3v) is 7.34. The van der Waals surface area contributed by atoms with E-state index in [9.17, 15) is 0 Å². The third-order valence-electron chi connectivity index (χ3n) is 6.68. The van der Waals surface area contributed by atoms with Crippen molar-refractivity contribution in [2.75, 3.05) is 38.2 Å². The summed E-state index contributed by atoms with van der Waals surface area (Å²) in [6.45, 7) is 12.3. The number of piperidine rings is 1. The highest BCUT2D eigenvalue weighted by atomic mass is 35.5. The van der Waals surface area contributed by atoms with Crippen LogP contribution in [0.4, 0.5) is 11.5 Å². The summed E-state index contributed by atoms with van der Waals surface area (Å²) in [6, 6.07) is 8.51. The van der Waals surface area contributed by atoms with Gasteiger partial charge in [0.25, 0.3) is 0 Å². The van der Waals surface area contributed by atoms with E-state index in [-0.39, 0.29) is 6.04 Å². The summed E-state index contributed by atoms with van der Waals surface area (Å²) in [4.78, 5) is 6.64. The van der Waals surface area contributed by atoms with Gasteiger partial charge < -0.3 is 20.3 Å². The van der Waals surface area contributed by atoms with Gasteiger partial charge in [-0.3, -0.25) is 0 Å². The summed E-state index contributed by atoms with van der Waals surface area (Å²) in [6.07, 6.45) is 9.39. The average Bonchev–Trinajstić information content (AvgIpc) is 3.29. The Balaban J connectivity index is 1.85. The number of aromatic nitrogens is 2. The van der Waals surface area contributed by atoms with Crippen LogP contribution in [-0.2, 0) is 0 Å². The molecule has 1 aromatic heterocycles. The van der Waals surface area contributed by atoms with Gasteiger partial charge in [-0.1, -0.05) is 35.7 Å². The topological polar surface area (TPSA) is 69.5 Å². The van der Waals surface area contributed by atoms with E-state index in [1.807, 2.05) is 43.2 Å². The molecule has 2 atom stereocenters. The maximum absolute atomic E-state index is 6.37. The quantitative estimate of drug-likeness (QED) is 0.212. The zero-order valence-corrected chi connectivity index (χ0v) is 23.6. The van der Waals surface area contributed by atoms with Gasteiger partial charge in [0.1, 0.15) is 0 Å². The minimum Gasteiger partial charge on any atom is -0.363 e. The summed E-state index contributed by atoms with van der Waals surface area (Å²) in [7, 11) is 3.99. The largest absolute Gasteiger partial charge is 0.363 e. The SMILES string of the molecule is C=Nc1cc(C2CCCCN2C(=C)c2cc(Cl)ccc2NSC)nn1/C=C(/C)CCC(CNC)NC. The zero-order chi connectivity index (χ0) is 26.1. The molecule has 1 fully saturated rings. The number of nitrogens with zero attached hydrogens (tertiary/aromatic N) is 4. The fourth-order valence-corrected chi connectivity index (χ4v) is 5.29. The molecule has 0 spiro atoms. The maximum Gasteiger partial charge on any atom is 0.154 e. The predicted octanol–water partition coefficient (Wildman–Crippen LogP) is 6.20. The van der Waals surface area contributed by atoms with Gasteiger partial charge in [-0.05, 0) is 78.0 Å². The van der Waals surface area contributed by atoms with E-state index >= 15 is 0 Å². The number of halogens is 1. The first-order valence-corrected chi connectivity index (χ1v) is 14.1. The Hall–Kier alpha value is -2.26. The van der Waals surface area contributed by atoms with Crippen LogP contribution in [0, 0.1) is 0 Å². The number of benzene rings is 1. The third kappa shape index (κ3) is 7.16. The number of allylic oxidation sites excluding steroid dienone is 1. The highest BCUT2D eigenvalue weighted by Gasteiger charge is 2.29. The van der Waals surface area contributed by atoms with Crippen molar-refractivity contribution in [2.24, 2.45) is 4.99 Å². The summed E-state index contributed by atoms with van der Waals surface area (Å²) in [5.41, 5.74) is 5.23. The monoisotopic (exact) mass is 529 g/mol. The molecule has 0 saturated carbocycles. The molecule has 1 aliphatic heterocycles. The second-order valence-electron chi connectivity index (χ2n) is 9.24. The van der Waals surface area contributed by atoms with Crippen molar-refractivity contribution in [3.05, 3.63) is 52.7 Å². The molecule has 0 aliphatic carbocycles. The highest BCUT2D eigenvalue weighted by Crippen LogP contribution is 2.39. The summed E-state index contributed by atoms with van der Waals surface area (Å²) >= 11 is 7.93. The van der Waals surface area contributed by atoms with Crippen LogP contribution in [0.3, 0.4) is 0 Å². The molecule has 36 heavy (non-hydrogen) atoms. The molecule has 0 bridgehead atoms. The lowest BCUT2D eigenvalue weighted by Crippen LogP contribution is -2.34. The molecule has 7 nitrogen and oxygen atoms in total. The number of hydrogen-bond donors (Lipinski definition) is 3. The van der Waals surface area contributed by atoms with Gasteiger partial charge in [0.05, 0.1) is 17.4 Å². The van der Waals surface area contributed by atoms with Crippen molar-refractivity contribution in [1.29, 1.82) is 0 Å². The molecular weight excluding hydrogens is 490 g/mol. The fraction of sp³-hybridized carbons (Fsp3) is 0.481. The normalized spacial score (nSPS) is 17.2. The molecule has 196 valence electrons. The Bertz CT molecular complexity index is 1060. The molecule has 0 amide bonds. The minimum atomic E-state index is 0.118. The number of likely N-dealkylation sites (N-methyl/N-ethyl adjacent to an activating group) is 2. The Morgan fingerprint density at radius 2 is 2.14 bits per heavy atom. The number of aliphatic imine (C=N–C) groups is 1. The van der Waals surface area contributed by atoms with E-state index < -0.39 is 0 Å². The number of rotatable bonds is 13. The number of nitrogens with one attached hydrogen (secondary N) is 3. The van der Waals surface area contributed by atoms with Crippen molar-refractivity contribution in [2.45, 2.75) is 51.1 Å². The molecule has 2 heterocycles. The van der Waals surface area contributed by atoms with Crippen LogP contribution in [0.5, 0.6) is 0 Å². The highest BCUT2D eigenvalue weighted by molar-refractivity contribution is 7.99. The van der Waals surface area contributed by atoms with E-state index in [4.69, 9.17) is 16.7 Å². The van der Waals surface area contributed by atoms with Gasteiger partial charge in [0.2, 0.25) is 0 Å². The summed E-state index contributed by atoms with van der Waals surface area (Å²) < 4.78 is 5.24. The first-order valence-electron chi connectivity index (χ1n) is 12.5. The Morgan fingerprint density at radius 1 is 1.33 bits per heavy atom. The molecule has 2 aromatic rings. The van der Waals surface area contributed by atoms with Crippen molar-refractivity contribution < 1.29 is 0 Å². The smallest absolute Gasteiger partial charge is 0.154 e. The summed E-state index contributed by atoms with van der Waals surface area (Å²) in [5, 5.41) is 12.3. The van der Waals surface area contributed by atoms with Crippen molar-refractivity contribution in [3.8, 4) is 0 Å². The van der Waals surface area contributed by atoms with E-state index in [2.05, 4.69) is 57.7 Å². The molecule has 3 rings (SSSR count). The number of likely N-dealkylation sites (tertiary alicyclic amines) is 1. The molecule has 1 aliphatic rings. The molecule has 9 heteroatoms. The van der Waals surface area contributed by atoms with Gasteiger partial charge in [0.15, 0.2) is 5.82 Å². The van der Waals surface area contributed by atoms with Crippen LogP contribution in [0.15, 0.2) is 41.4 Å². The summed E-state index contributed by atoms with van der Waals surface area (Å²) in [5.74, 6) is 0.758. The second kappa shape index (κ2) is 13.9. The van der Waals surface area contributed by atoms with Gasteiger partial charge >= 0.3 is 0 Å². The van der Waals surface area contributed by atoms with Crippen molar-refractivity contribution in [3.63, 3.8) is 0 Å². The number of hydrogen-bond acceptors (Lipinski definition) is 7. The van der Waals surface area contributed by atoms with Crippen LogP contribution in [0.2, 0.25) is 5.02 Å². The van der Waals surface area contributed by atoms with Crippen molar-refractivity contribution >= 4 is 53.7 Å². The molecule has 1 aromatic carbocycles. The molecule has 2 unspecified atom stereocenters. The van der Waals surface area contributed by atoms with Crippen LogP contribution < -0.4 is 15.4 Å². The van der Waals surface area contributed by atoms with Crippen LogP contribution in [-0.4, -0.2) is 60.9 Å². The van der Waals surface area contributed by atoms with Gasteiger partial charge in [-0.2, -0.15) is 5.10 Å². The van der Waals surface area contributed by atoms with E-state index in [1.54, 1.807) is 11.9 Å². The van der Waals surface area contributed by atoms with E-state index in [0.717, 1.165) is 73.7 Å². The molecule has 0 radical (unpaired) electrons. The Morgan fingerprint density at radius 3 is 2.83 bits per heavy atom. The maximum atomic E-state index is 6.37. The Labute approximate surface area is 225 Å². The minimum absolute atomic E-state index is 0.118. The number of anilines is 1. The van der Waals surface area contributed by atoms with Gasteiger partial charge in [0, 0.05) is 53.9 Å².